The molecule has 0 spiro atoms. The van der Waals surface area contributed by atoms with Crippen molar-refractivity contribution in [2.75, 3.05) is 0 Å². The number of benzene rings is 1. The summed E-state index contributed by atoms with van der Waals surface area (Å²) in [5, 5.41) is 0. The van der Waals surface area contributed by atoms with Gasteiger partial charge in [-0.05, 0) is 36.5 Å². The molecule has 2 nitrogen and oxygen atoms in total. The van der Waals surface area contributed by atoms with Crippen LogP contribution in [0.5, 0.6) is 0 Å². The van der Waals surface area contributed by atoms with Crippen molar-refractivity contribution in [1.29, 1.82) is 0 Å². The predicted octanol–water partition coefficient (Wildman–Crippen LogP) is 6.28. The standard InChI is InChI=1S/C21H28F2N2/c1-3-5-6-7-8-9-10-11-16-14-24-21(25-15-16)18-13-12-17(4-2)19(22)20(18)23/h12-15H,3-11H2,1-2H3. The number of aryl methyl sites for hydroxylation is 2. The Kier molecular flexibility index (Phi) is 7.96. The number of nitrogens with zero attached hydrogens (tertiary/aromatic N) is 2. The second kappa shape index (κ2) is 10.2. The van der Waals surface area contributed by atoms with Gasteiger partial charge in [0, 0.05) is 12.4 Å². The van der Waals surface area contributed by atoms with Crippen molar-refractivity contribution in [3.8, 4) is 11.4 Å². The van der Waals surface area contributed by atoms with Crippen LogP contribution < -0.4 is 0 Å². The lowest BCUT2D eigenvalue weighted by atomic mass is 10.1. The van der Waals surface area contributed by atoms with Gasteiger partial charge in [-0.1, -0.05) is 58.4 Å². The number of aromatic nitrogens is 2. The van der Waals surface area contributed by atoms with Crippen molar-refractivity contribution in [2.45, 2.75) is 71.6 Å². The van der Waals surface area contributed by atoms with Crippen LogP contribution in [-0.4, -0.2) is 9.97 Å². The van der Waals surface area contributed by atoms with Gasteiger partial charge >= 0.3 is 0 Å². The average molecular weight is 346 g/mol. The minimum atomic E-state index is -0.862. The van der Waals surface area contributed by atoms with Gasteiger partial charge in [-0.15, -0.1) is 0 Å². The maximum Gasteiger partial charge on any atom is 0.170 e. The fourth-order valence-electron chi connectivity index (χ4n) is 2.94. The Bertz CT molecular complexity index is 654. The Morgan fingerprint density at radius 2 is 1.44 bits per heavy atom. The Balaban J connectivity index is 1.89. The van der Waals surface area contributed by atoms with Crippen LogP contribution in [0.2, 0.25) is 0 Å². The summed E-state index contributed by atoms with van der Waals surface area (Å²) in [6.07, 6.45) is 13.7. The van der Waals surface area contributed by atoms with Gasteiger partial charge in [0.25, 0.3) is 0 Å². The van der Waals surface area contributed by atoms with E-state index in [2.05, 4.69) is 16.9 Å². The summed E-state index contributed by atoms with van der Waals surface area (Å²) in [5.41, 5.74) is 1.54. The van der Waals surface area contributed by atoms with Crippen molar-refractivity contribution < 1.29 is 8.78 Å². The molecule has 0 bridgehead atoms. The molecule has 0 saturated carbocycles. The molecule has 2 aromatic rings. The zero-order valence-corrected chi connectivity index (χ0v) is 15.3. The number of rotatable bonds is 10. The minimum Gasteiger partial charge on any atom is -0.236 e. The molecular weight excluding hydrogens is 318 g/mol. The number of hydrogen-bond donors (Lipinski definition) is 0. The summed E-state index contributed by atoms with van der Waals surface area (Å²) in [6, 6.07) is 3.16. The molecule has 0 atom stereocenters. The molecule has 136 valence electrons. The first-order chi connectivity index (χ1) is 12.2. The molecule has 0 saturated heterocycles. The first-order valence-corrected chi connectivity index (χ1v) is 9.45. The summed E-state index contributed by atoms with van der Waals surface area (Å²) in [6.45, 7) is 4.02. The lowest BCUT2D eigenvalue weighted by Crippen LogP contribution is -1.99. The van der Waals surface area contributed by atoms with Gasteiger partial charge in [-0.2, -0.15) is 0 Å². The third-order valence-corrected chi connectivity index (χ3v) is 4.56. The molecule has 0 fully saturated rings. The van der Waals surface area contributed by atoms with Crippen LogP contribution in [0.1, 0.15) is 69.9 Å². The lowest BCUT2D eigenvalue weighted by Gasteiger charge is -2.07. The van der Waals surface area contributed by atoms with Crippen molar-refractivity contribution in [2.24, 2.45) is 0 Å². The molecule has 0 aliphatic heterocycles. The summed E-state index contributed by atoms with van der Waals surface area (Å²) in [5.74, 6) is -1.42. The minimum absolute atomic E-state index is 0.122. The van der Waals surface area contributed by atoms with E-state index >= 15 is 0 Å². The molecule has 25 heavy (non-hydrogen) atoms. The first kappa shape index (κ1) is 19.5. The van der Waals surface area contributed by atoms with Crippen LogP contribution in [0.4, 0.5) is 8.78 Å². The molecular formula is C21H28F2N2. The third kappa shape index (κ3) is 5.58. The van der Waals surface area contributed by atoms with Gasteiger partial charge in [-0.3, -0.25) is 0 Å². The van der Waals surface area contributed by atoms with Gasteiger partial charge < -0.3 is 0 Å². The molecule has 1 heterocycles. The average Bonchev–Trinajstić information content (AvgIpc) is 2.64. The summed E-state index contributed by atoms with van der Waals surface area (Å²) in [4.78, 5) is 8.46. The van der Waals surface area contributed by atoms with Crippen LogP contribution in [0.15, 0.2) is 24.5 Å². The molecule has 4 heteroatoms. The zero-order chi connectivity index (χ0) is 18.1. The van der Waals surface area contributed by atoms with Crippen LogP contribution in [0.25, 0.3) is 11.4 Å². The monoisotopic (exact) mass is 346 g/mol. The SMILES string of the molecule is CCCCCCCCCc1cnc(-c2ccc(CC)c(F)c2F)nc1. The van der Waals surface area contributed by atoms with Gasteiger partial charge in [0.1, 0.15) is 0 Å². The molecule has 1 aromatic heterocycles. The van der Waals surface area contributed by atoms with Crippen LogP contribution in [0, 0.1) is 11.6 Å². The number of hydrogen-bond acceptors (Lipinski definition) is 2. The molecule has 0 unspecified atom stereocenters. The van der Waals surface area contributed by atoms with Crippen molar-refractivity contribution >= 4 is 0 Å². The van der Waals surface area contributed by atoms with Crippen LogP contribution in [-0.2, 0) is 12.8 Å². The summed E-state index contributed by atoms with van der Waals surface area (Å²) < 4.78 is 28.1. The Hall–Kier alpha value is -1.84. The molecule has 0 radical (unpaired) electrons. The van der Waals surface area contributed by atoms with E-state index in [1.54, 1.807) is 31.5 Å². The van der Waals surface area contributed by atoms with Gasteiger partial charge in [0.2, 0.25) is 0 Å². The van der Waals surface area contributed by atoms with Crippen LogP contribution >= 0.6 is 0 Å². The highest BCUT2D eigenvalue weighted by atomic mass is 19.2. The molecule has 0 amide bonds. The van der Waals surface area contributed by atoms with Crippen molar-refractivity contribution in [1.82, 2.24) is 9.97 Å². The maximum atomic E-state index is 14.2. The first-order valence-electron chi connectivity index (χ1n) is 9.45. The Labute approximate surface area is 149 Å². The Morgan fingerprint density at radius 1 is 0.800 bits per heavy atom. The highest BCUT2D eigenvalue weighted by Gasteiger charge is 2.15. The lowest BCUT2D eigenvalue weighted by molar-refractivity contribution is 0.501. The predicted molar refractivity (Wildman–Crippen MR) is 98.5 cm³/mol. The second-order valence-electron chi connectivity index (χ2n) is 6.54. The molecule has 0 aliphatic carbocycles. The van der Waals surface area contributed by atoms with E-state index in [1.165, 1.54) is 38.5 Å². The van der Waals surface area contributed by atoms with E-state index in [-0.39, 0.29) is 11.4 Å². The van der Waals surface area contributed by atoms with Gasteiger partial charge in [0.05, 0.1) is 5.56 Å². The highest BCUT2D eigenvalue weighted by Crippen LogP contribution is 2.24. The summed E-state index contributed by atoms with van der Waals surface area (Å²) in [7, 11) is 0. The number of unbranched alkanes of at least 4 members (excludes halogenated alkanes) is 6. The molecule has 0 N–H and O–H groups in total. The van der Waals surface area contributed by atoms with Crippen molar-refractivity contribution in [3.63, 3.8) is 0 Å². The second-order valence-corrected chi connectivity index (χ2v) is 6.54. The van der Waals surface area contributed by atoms with Gasteiger partial charge in [0.15, 0.2) is 17.5 Å². The fourth-order valence-corrected chi connectivity index (χ4v) is 2.94. The molecule has 2 rings (SSSR count). The van der Waals surface area contributed by atoms with E-state index in [0.717, 1.165) is 18.4 Å². The molecule has 1 aromatic carbocycles. The fraction of sp³-hybridized carbons (Fsp3) is 0.524. The third-order valence-electron chi connectivity index (χ3n) is 4.56. The topological polar surface area (TPSA) is 25.8 Å². The highest BCUT2D eigenvalue weighted by molar-refractivity contribution is 5.56. The van der Waals surface area contributed by atoms with Crippen molar-refractivity contribution in [3.05, 3.63) is 47.3 Å². The normalized spacial score (nSPS) is 11.0. The largest absolute Gasteiger partial charge is 0.236 e. The van der Waals surface area contributed by atoms with E-state index in [1.807, 2.05) is 0 Å². The zero-order valence-electron chi connectivity index (χ0n) is 15.3. The van der Waals surface area contributed by atoms with E-state index in [4.69, 9.17) is 0 Å². The maximum absolute atomic E-state index is 14.2. The molecule has 0 aliphatic rings. The van der Waals surface area contributed by atoms with Gasteiger partial charge in [-0.25, -0.2) is 18.7 Å². The van der Waals surface area contributed by atoms with Crippen LogP contribution in [0.3, 0.4) is 0 Å². The number of halogens is 2. The van der Waals surface area contributed by atoms with E-state index in [9.17, 15) is 8.78 Å². The van der Waals surface area contributed by atoms with E-state index < -0.39 is 11.6 Å². The van der Waals surface area contributed by atoms with E-state index in [0.29, 0.717) is 12.0 Å². The Morgan fingerprint density at radius 3 is 2.08 bits per heavy atom. The smallest absolute Gasteiger partial charge is 0.170 e. The quantitative estimate of drug-likeness (QED) is 0.473. The summed E-state index contributed by atoms with van der Waals surface area (Å²) >= 11 is 0.